The molecule has 0 aromatic rings. The van der Waals surface area contributed by atoms with E-state index in [1.165, 1.54) is 128 Å². The number of phosphoric ester groups is 1. The smallest absolute Gasteiger partial charge is 0.306 e. The van der Waals surface area contributed by atoms with Gasteiger partial charge in [-0.3, -0.25) is 14.2 Å². The molecule has 0 aliphatic carbocycles. The highest BCUT2D eigenvalue weighted by atomic mass is 31.2. The van der Waals surface area contributed by atoms with Crippen molar-refractivity contribution < 1.29 is 42.1 Å². The summed E-state index contributed by atoms with van der Waals surface area (Å²) in [5.41, 5.74) is 0. The molecule has 9 nitrogen and oxygen atoms in total. The van der Waals surface area contributed by atoms with Crippen molar-refractivity contribution in [2.75, 3.05) is 47.5 Å². The summed E-state index contributed by atoms with van der Waals surface area (Å²) in [7, 11) is 1.14. The third kappa shape index (κ3) is 71.0. The van der Waals surface area contributed by atoms with E-state index in [0.717, 1.165) is 122 Å². The predicted octanol–water partition coefficient (Wildman–Crippen LogP) is 22.7. The molecule has 0 saturated heterocycles. The normalized spacial score (nSPS) is 14.0. The molecule has 0 aromatic carbocycles. The number of carbonyl (C=O) groups is 2. The SMILES string of the molecule is CC/C=C\C/C=C\C/C=C\C/C=C\C/C=C\C/C=C\C/C=C\C/C=C\C/C=C\CCCCCCCC(=O)OC(COC(=O)CCCCCCCCCCCCCCCCCC/C=C\C/C=C\C/C=C\CCCCCCC)COP(=O)([O-])OCC[N+](C)(C)C. The first-order valence-electron chi connectivity index (χ1n) is 35.5. The van der Waals surface area contributed by atoms with Crippen molar-refractivity contribution >= 4 is 19.8 Å². The number of likely N-dealkylation sites (N-methyl/N-ethyl adjacent to an activating group) is 1. The number of unbranched alkanes of at least 4 members (excludes halogenated alkanes) is 26. The van der Waals surface area contributed by atoms with Crippen LogP contribution in [0.1, 0.15) is 284 Å². The average molecular weight is 1240 g/mol. The van der Waals surface area contributed by atoms with Gasteiger partial charge in [0.1, 0.15) is 19.8 Å². The van der Waals surface area contributed by atoms with Crippen LogP contribution < -0.4 is 4.89 Å². The first kappa shape index (κ1) is 83.9. The summed E-state index contributed by atoms with van der Waals surface area (Å²) in [6, 6.07) is 0. The van der Waals surface area contributed by atoms with Crippen LogP contribution in [-0.2, 0) is 32.7 Å². The predicted molar refractivity (Wildman–Crippen MR) is 378 cm³/mol. The maximum absolute atomic E-state index is 12.9. The lowest BCUT2D eigenvalue weighted by Crippen LogP contribution is -2.37. The third-order valence-electron chi connectivity index (χ3n) is 14.8. The molecular weight excluding hydrogens is 1110 g/mol. The maximum Gasteiger partial charge on any atom is 0.306 e. The van der Waals surface area contributed by atoms with E-state index in [0.29, 0.717) is 17.4 Å². The number of allylic oxidation sites excluding steroid dienone is 24. The van der Waals surface area contributed by atoms with Gasteiger partial charge >= 0.3 is 11.9 Å². The molecule has 0 aliphatic heterocycles. The Balaban J connectivity index is 4.14. The van der Waals surface area contributed by atoms with Crippen LogP contribution in [0.2, 0.25) is 0 Å². The zero-order valence-electron chi connectivity index (χ0n) is 57.1. The van der Waals surface area contributed by atoms with Gasteiger partial charge in [-0.1, -0.05) is 295 Å². The Morgan fingerprint density at radius 3 is 0.966 bits per heavy atom. The van der Waals surface area contributed by atoms with Crippen LogP contribution in [0.4, 0.5) is 0 Å². The number of hydrogen-bond donors (Lipinski definition) is 0. The minimum atomic E-state index is -4.66. The van der Waals surface area contributed by atoms with E-state index in [-0.39, 0.29) is 26.1 Å². The number of esters is 2. The van der Waals surface area contributed by atoms with E-state index in [2.05, 4.69) is 160 Å². The number of hydrogen-bond acceptors (Lipinski definition) is 8. The van der Waals surface area contributed by atoms with Gasteiger partial charge < -0.3 is 27.9 Å². The quantitative estimate of drug-likeness (QED) is 0.0195. The van der Waals surface area contributed by atoms with Crippen LogP contribution in [0.25, 0.3) is 0 Å². The van der Waals surface area contributed by atoms with Crippen LogP contribution in [0.15, 0.2) is 146 Å². The van der Waals surface area contributed by atoms with Crippen LogP contribution in [-0.4, -0.2) is 70.0 Å². The van der Waals surface area contributed by atoms with Gasteiger partial charge in [0, 0.05) is 12.8 Å². The summed E-state index contributed by atoms with van der Waals surface area (Å²) in [6.07, 6.45) is 99.2. The molecule has 0 fully saturated rings. The Morgan fingerprint density at radius 1 is 0.364 bits per heavy atom. The van der Waals surface area contributed by atoms with Gasteiger partial charge in [-0.25, -0.2) is 0 Å². The molecule has 0 radical (unpaired) electrons. The zero-order valence-corrected chi connectivity index (χ0v) is 58.0. The Morgan fingerprint density at radius 2 is 0.648 bits per heavy atom. The van der Waals surface area contributed by atoms with E-state index in [9.17, 15) is 19.0 Å². The second-order valence-corrected chi connectivity index (χ2v) is 25.9. The first-order valence-corrected chi connectivity index (χ1v) is 37.0. The number of nitrogens with zero attached hydrogens (tertiary/aromatic N) is 1. The molecule has 88 heavy (non-hydrogen) atoms. The molecule has 0 amide bonds. The van der Waals surface area contributed by atoms with Gasteiger partial charge in [0.25, 0.3) is 7.82 Å². The molecule has 0 rings (SSSR count). The molecule has 10 heteroatoms. The summed E-state index contributed by atoms with van der Waals surface area (Å²) >= 11 is 0. The molecule has 0 N–H and O–H groups in total. The number of carbonyl (C=O) groups excluding carboxylic acids is 2. The molecule has 0 aliphatic rings. The highest BCUT2D eigenvalue weighted by molar-refractivity contribution is 7.45. The minimum Gasteiger partial charge on any atom is -0.756 e. The highest BCUT2D eigenvalue weighted by Crippen LogP contribution is 2.38. The van der Waals surface area contributed by atoms with Gasteiger partial charge in [0.05, 0.1) is 27.7 Å². The van der Waals surface area contributed by atoms with Gasteiger partial charge in [0.15, 0.2) is 6.10 Å². The Labute approximate surface area is 542 Å². The number of rotatable bonds is 64. The molecule has 2 unspecified atom stereocenters. The van der Waals surface area contributed by atoms with Gasteiger partial charge in [-0.05, 0) is 122 Å². The van der Waals surface area contributed by atoms with E-state index in [1.54, 1.807) is 0 Å². The van der Waals surface area contributed by atoms with Crippen LogP contribution in [0.5, 0.6) is 0 Å². The largest absolute Gasteiger partial charge is 0.756 e. The minimum absolute atomic E-state index is 0.0420. The Bertz CT molecular complexity index is 2000. The summed E-state index contributed by atoms with van der Waals surface area (Å²) < 4.78 is 34.3. The monoisotopic (exact) mass is 1240 g/mol. The second kappa shape index (κ2) is 67.3. The van der Waals surface area contributed by atoms with E-state index >= 15 is 0 Å². The average Bonchev–Trinajstić information content (AvgIpc) is 3.56. The molecule has 0 aromatic heterocycles. The summed E-state index contributed by atoms with van der Waals surface area (Å²) in [5.74, 6) is -0.859. The zero-order chi connectivity index (χ0) is 64.1. The van der Waals surface area contributed by atoms with E-state index in [1.807, 2.05) is 21.1 Å². The molecule has 2 atom stereocenters. The van der Waals surface area contributed by atoms with E-state index in [4.69, 9.17) is 18.5 Å². The molecule has 0 saturated carbocycles. The van der Waals surface area contributed by atoms with Crippen molar-refractivity contribution in [2.24, 2.45) is 0 Å². The summed E-state index contributed by atoms with van der Waals surface area (Å²) in [4.78, 5) is 38.1. The fourth-order valence-electron chi connectivity index (χ4n) is 9.42. The Kier molecular flexibility index (Phi) is 64.1. The lowest BCUT2D eigenvalue weighted by Gasteiger charge is -2.28. The summed E-state index contributed by atoms with van der Waals surface area (Å²) in [5, 5.41) is 0. The first-order chi connectivity index (χ1) is 43.0. The topological polar surface area (TPSA) is 111 Å². The molecule has 0 spiro atoms. The molecular formula is C78H132NO8P. The lowest BCUT2D eigenvalue weighted by molar-refractivity contribution is -0.870. The van der Waals surface area contributed by atoms with Gasteiger partial charge in [0.2, 0.25) is 0 Å². The highest BCUT2D eigenvalue weighted by Gasteiger charge is 2.22. The van der Waals surface area contributed by atoms with Crippen molar-refractivity contribution in [1.82, 2.24) is 0 Å². The third-order valence-corrected chi connectivity index (χ3v) is 15.8. The summed E-state index contributed by atoms with van der Waals surface area (Å²) in [6.45, 7) is 4.10. The molecule has 0 bridgehead atoms. The van der Waals surface area contributed by atoms with Crippen molar-refractivity contribution in [2.45, 2.75) is 290 Å². The lowest BCUT2D eigenvalue weighted by atomic mass is 10.0. The second-order valence-electron chi connectivity index (χ2n) is 24.5. The van der Waals surface area contributed by atoms with Crippen molar-refractivity contribution in [3.05, 3.63) is 146 Å². The molecule has 0 heterocycles. The standard InChI is InChI=1S/C78H132NO8P/c1-6-8-10-12-14-16-18-20-22-24-26-28-30-32-34-36-38-39-41-43-45-47-49-51-53-55-57-59-61-63-65-67-69-71-78(81)87-76(75-86-88(82,83)85-73-72-79(3,4)5)74-84-77(80)70-68-66-64-62-60-58-56-54-52-50-48-46-44-42-40-37-35-33-31-29-27-25-23-21-19-17-15-13-11-9-7-2/h8,10,14,16,19-22,25-28,31-34,38-39,43,45,49,51,55,57,76H,6-7,9,11-13,15,17-18,23-24,29-30,35-37,40-42,44,46-48,50,52-54,56,58-75H2,1-5H3/b10-8-,16-14-,21-19-,22-20-,27-25-,28-26-,33-31-,34-32-,39-38-,45-43-,51-49-,57-55-. The van der Waals surface area contributed by atoms with Crippen molar-refractivity contribution in [1.29, 1.82) is 0 Å². The van der Waals surface area contributed by atoms with Crippen molar-refractivity contribution in [3.63, 3.8) is 0 Å². The molecule has 502 valence electrons. The number of ether oxygens (including phenoxy) is 2. The van der Waals surface area contributed by atoms with Crippen LogP contribution in [0, 0.1) is 0 Å². The van der Waals surface area contributed by atoms with Crippen LogP contribution in [0.3, 0.4) is 0 Å². The maximum atomic E-state index is 12.9. The van der Waals surface area contributed by atoms with Crippen LogP contribution >= 0.6 is 7.82 Å². The van der Waals surface area contributed by atoms with Gasteiger partial charge in [-0.15, -0.1) is 0 Å². The number of quaternary nitrogens is 1. The van der Waals surface area contributed by atoms with E-state index < -0.39 is 32.5 Å². The number of phosphoric acid groups is 1. The van der Waals surface area contributed by atoms with Gasteiger partial charge in [-0.2, -0.15) is 0 Å². The van der Waals surface area contributed by atoms with Crippen molar-refractivity contribution in [3.8, 4) is 0 Å². The Hall–Kier alpha value is -4.11. The fraction of sp³-hybridized carbons (Fsp3) is 0.667. The fourth-order valence-corrected chi connectivity index (χ4v) is 10.2.